The Bertz CT molecular complexity index is 479. The van der Waals surface area contributed by atoms with Gasteiger partial charge in [-0.25, -0.2) is 4.98 Å². The van der Waals surface area contributed by atoms with Crippen molar-refractivity contribution in [3.8, 4) is 0 Å². The van der Waals surface area contributed by atoms with Gasteiger partial charge in [-0.1, -0.05) is 0 Å². The number of furan rings is 1. The molecule has 0 aliphatic carbocycles. The summed E-state index contributed by atoms with van der Waals surface area (Å²) in [5.41, 5.74) is 0. The van der Waals surface area contributed by atoms with E-state index in [0.717, 1.165) is 24.6 Å². The van der Waals surface area contributed by atoms with Crippen LogP contribution in [0, 0.1) is 0 Å². The fraction of sp³-hybridized carbons (Fsp3) is 0.500. The van der Waals surface area contributed by atoms with Gasteiger partial charge in [0.05, 0.1) is 6.26 Å². The second kappa shape index (κ2) is 6.54. The van der Waals surface area contributed by atoms with Crippen molar-refractivity contribution in [2.45, 2.75) is 25.4 Å². The summed E-state index contributed by atoms with van der Waals surface area (Å²) in [6.07, 6.45) is 6.37. The third-order valence-electron chi connectivity index (χ3n) is 3.15. The molecule has 2 aromatic rings. The molecule has 2 heterocycles. The molecule has 2 atom stereocenters. The van der Waals surface area contributed by atoms with Gasteiger partial charge < -0.3 is 13.7 Å². The maximum Gasteiger partial charge on any atom is 0.133 e. The minimum absolute atomic E-state index is 0.0399. The molecule has 5 heteroatoms. The van der Waals surface area contributed by atoms with Crippen molar-refractivity contribution in [2.24, 2.45) is 7.05 Å². The number of imidazole rings is 1. The summed E-state index contributed by atoms with van der Waals surface area (Å²) in [7, 11) is 3.70. The Labute approximate surface area is 113 Å². The van der Waals surface area contributed by atoms with Crippen LogP contribution in [0.1, 0.15) is 31.0 Å². The number of nitrogens with zero attached hydrogens (tertiary/aromatic N) is 2. The highest BCUT2D eigenvalue weighted by atomic mass is 16.5. The minimum Gasteiger partial charge on any atom is -0.467 e. The van der Waals surface area contributed by atoms with E-state index in [-0.39, 0.29) is 6.04 Å². The third-order valence-corrected chi connectivity index (χ3v) is 3.15. The topological polar surface area (TPSA) is 52.2 Å². The molecule has 0 saturated carbocycles. The summed E-state index contributed by atoms with van der Waals surface area (Å²) < 4.78 is 12.7. The van der Waals surface area contributed by atoms with Crippen LogP contribution in [0.5, 0.6) is 0 Å². The molecule has 0 saturated heterocycles. The number of aryl methyl sites for hydroxylation is 1. The van der Waals surface area contributed by atoms with Gasteiger partial charge >= 0.3 is 0 Å². The predicted molar refractivity (Wildman–Crippen MR) is 72.8 cm³/mol. The lowest BCUT2D eigenvalue weighted by Crippen LogP contribution is -2.33. The number of ether oxygens (including phenoxy) is 1. The normalized spacial score (nSPS) is 14.5. The molecule has 0 amide bonds. The largest absolute Gasteiger partial charge is 0.467 e. The van der Waals surface area contributed by atoms with E-state index in [9.17, 15) is 0 Å². The molecule has 19 heavy (non-hydrogen) atoms. The van der Waals surface area contributed by atoms with E-state index in [2.05, 4.69) is 17.2 Å². The van der Waals surface area contributed by atoms with E-state index in [4.69, 9.17) is 9.15 Å². The Morgan fingerprint density at radius 2 is 2.37 bits per heavy atom. The molecule has 0 aliphatic rings. The standard InChI is InChI=1S/C14H21N3O2/c1-11(6-10-18-3)16-13(12-5-4-9-19-12)14-15-7-8-17(14)2/h4-5,7-9,11,13,16H,6,10H2,1-3H3. The van der Waals surface area contributed by atoms with Crippen molar-refractivity contribution in [1.29, 1.82) is 0 Å². The molecule has 0 aromatic carbocycles. The molecule has 0 aliphatic heterocycles. The Kier molecular flexibility index (Phi) is 4.76. The van der Waals surface area contributed by atoms with Gasteiger partial charge in [0.25, 0.3) is 0 Å². The van der Waals surface area contributed by atoms with Gasteiger partial charge in [-0.3, -0.25) is 5.32 Å². The molecular weight excluding hydrogens is 242 g/mol. The number of nitrogens with one attached hydrogen (secondary N) is 1. The lowest BCUT2D eigenvalue weighted by Gasteiger charge is -2.21. The van der Waals surface area contributed by atoms with Crippen LogP contribution in [0.4, 0.5) is 0 Å². The van der Waals surface area contributed by atoms with E-state index in [1.54, 1.807) is 19.6 Å². The lowest BCUT2D eigenvalue weighted by molar-refractivity contribution is 0.182. The summed E-state index contributed by atoms with van der Waals surface area (Å²) in [6.45, 7) is 2.87. The van der Waals surface area contributed by atoms with Crippen molar-refractivity contribution in [2.75, 3.05) is 13.7 Å². The fourth-order valence-electron chi connectivity index (χ4n) is 2.06. The number of hydrogen-bond acceptors (Lipinski definition) is 4. The number of hydrogen-bond donors (Lipinski definition) is 1. The smallest absolute Gasteiger partial charge is 0.133 e. The van der Waals surface area contributed by atoms with Gasteiger partial charge in [-0.05, 0) is 25.5 Å². The Balaban J connectivity index is 2.14. The van der Waals surface area contributed by atoms with Gasteiger partial charge in [0, 0.05) is 39.2 Å². The predicted octanol–water partition coefficient (Wildman–Crippen LogP) is 2.12. The van der Waals surface area contributed by atoms with Crippen LogP contribution >= 0.6 is 0 Å². The molecule has 0 fully saturated rings. The molecular formula is C14H21N3O2. The zero-order chi connectivity index (χ0) is 13.7. The van der Waals surface area contributed by atoms with Crippen molar-refractivity contribution < 1.29 is 9.15 Å². The second-order valence-electron chi connectivity index (χ2n) is 4.69. The van der Waals surface area contributed by atoms with Crippen LogP contribution in [0.2, 0.25) is 0 Å². The van der Waals surface area contributed by atoms with Crippen LogP contribution in [-0.2, 0) is 11.8 Å². The van der Waals surface area contributed by atoms with Crippen molar-refractivity contribution in [1.82, 2.24) is 14.9 Å². The third kappa shape index (κ3) is 3.45. The van der Waals surface area contributed by atoms with Crippen molar-refractivity contribution in [3.05, 3.63) is 42.4 Å². The van der Waals surface area contributed by atoms with Gasteiger partial charge in [0.1, 0.15) is 17.6 Å². The monoisotopic (exact) mass is 263 g/mol. The number of methoxy groups -OCH3 is 1. The Morgan fingerprint density at radius 3 is 2.95 bits per heavy atom. The summed E-state index contributed by atoms with van der Waals surface area (Å²) >= 11 is 0. The summed E-state index contributed by atoms with van der Waals surface area (Å²) in [5, 5.41) is 3.54. The van der Waals surface area contributed by atoms with Gasteiger partial charge in [0.15, 0.2) is 0 Å². The zero-order valence-corrected chi connectivity index (χ0v) is 11.7. The summed E-state index contributed by atoms with van der Waals surface area (Å²) in [6, 6.07) is 4.14. The Morgan fingerprint density at radius 1 is 1.53 bits per heavy atom. The van der Waals surface area contributed by atoms with E-state index < -0.39 is 0 Å². The first kappa shape index (κ1) is 13.8. The summed E-state index contributed by atoms with van der Waals surface area (Å²) in [4.78, 5) is 4.41. The molecule has 2 unspecified atom stereocenters. The van der Waals surface area contributed by atoms with Crippen molar-refractivity contribution in [3.63, 3.8) is 0 Å². The minimum atomic E-state index is -0.0399. The molecule has 0 bridgehead atoms. The first-order valence-electron chi connectivity index (χ1n) is 6.48. The molecule has 1 N–H and O–H groups in total. The van der Waals surface area contributed by atoms with Gasteiger partial charge in [-0.2, -0.15) is 0 Å². The van der Waals surface area contributed by atoms with Gasteiger partial charge in [0.2, 0.25) is 0 Å². The fourth-order valence-corrected chi connectivity index (χ4v) is 2.06. The highest BCUT2D eigenvalue weighted by molar-refractivity contribution is 5.15. The van der Waals surface area contributed by atoms with E-state index in [0.29, 0.717) is 6.04 Å². The maximum atomic E-state index is 5.53. The highest BCUT2D eigenvalue weighted by Gasteiger charge is 2.22. The first-order chi connectivity index (χ1) is 9.22. The van der Waals surface area contributed by atoms with Crippen LogP contribution in [0.15, 0.2) is 35.2 Å². The average molecular weight is 263 g/mol. The highest BCUT2D eigenvalue weighted by Crippen LogP contribution is 2.21. The number of rotatable bonds is 7. The molecule has 0 radical (unpaired) electrons. The number of aromatic nitrogens is 2. The average Bonchev–Trinajstić information content (AvgIpc) is 3.05. The van der Waals surface area contributed by atoms with Crippen LogP contribution in [0.3, 0.4) is 0 Å². The molecule has 2 rings (SSSR count). The first-order valence-corrected chi connectivity index (χ1v) is 6.48. The molecule has 5 nitrogen and oxygen atoms in total. The van der Waals surface area contributed by atoms with E-state index in [1.165, 1.54) is 0 Å². The lowest BCUT2D eigenvalue weighted by atomic mass is 10.1. The van der Waals surface area contributed by atoms with Crippen molar-refractivity contribution >= 4 is 0 Å². The van der Waals surface area contributed by atoms with E-state index in [1.807, 2.05) is 29.9 Å². The molecule has 0 spiro atoms. The van der Waals surface area contributed by atoms with Crippen LogP contribution in [0.25, 0.3) is 0 Å². The Hall–Kier alpha value is -1.59. The van der Waals surface area contributed by atoms with Crippen LogP contribution in [-0.4, -0.2) is 29.3 Å². The van der Waals surface area contributed by atoms with E-state index >= 15 is 0 Å². The molecule has 2 aromatic heterocycles. The molecule has 104 valence electrons. The van der Waals surface area contributed by atoms with Crippen LogP contribution < -0.4 is 5.32 Å². The van der Waals surface area contributed by atoms with Gasteiger partial charge in [-0.15, -0.1) is 0 Å². The summed E-state index contributed by atoms with van der Waals surface area (Å²) in [5.74, 6) is 1.82. The zero-order valence-electron chi connectivity index (χ0n) is 11.7. The SMILES string of the molecule is COCCC(C)NC(c1ccco1)c1nccn1C. The quantitative estimate of drug-likeness (QED) is 0.831. The maximum absolute atomic E-state index is 5.53. The second-order valence-corrected chi connectivity index (χ2v) is 4.69.